The molecule has 1 aromatic rings. The highest BCUT2D eigenvalue weighted by Crippen LogP contribution is 2.37. The van der Waals surface area contributed by atoms with Crippen LogP contribution in [0.4, 0.5) is 0 Å². The molecule has 1 saturated carbocycles. The molecule has 1 aliphatic rings. The lowest BCUT2D eigenvalue weighted by molar-refractivity contribution is 0.596. The van der Waals surface area contributed by atoms with Gasteiger partial charge in [0.15, 0.2) is 0 Å². The standard InChI is InChI=1S/C12H16BrN/c1-8-4-10(7-11(13)5-8)12(14)6-9-2-3-9/h4-5,7,9,12H,2-3,6,14H2,1H3. The molecule has 0 radical (unpaired) electrons. The fourth-order valence-electron chi connectivity index (χ4n) is 1.83. The molecule has 76 valence electrons. The summed E-state index contributed by atoms with van der Waals surface area (Å²) < 4.78 is 1.14. The molecule has 1 nitrogen and oxygen atoms in total. The van der Waals surface area contributed by atoms with Crippen LogP contribution in [-0.2, 0) is 0 Å². The van der Waals surface area contributed by atoms with Crippen molar-refractivity contribution >= 4 is 15.9 Å². The summed E-state index contributed by atoms with van der Waals surface area (Å²) in [6.07, 6.45) is 3.90. The normalized spacial score (nSPS) is 18.2. The van der Waals surface area contributed by atoms with E-state index in [4.69, 9.17) is 5.73 Å². The summed E-state index contributed by atoms with van der Waals surface area (Å²) in [4.78, 5) is 0. The van der Waals surface area contributed by atoms with Gasteiger partial charge in [-0.15, -0.1) is 0 Å². The molecule has 0 aromatic heterocycles. The van der Waals surface area contributed by atoms with E-state index in [1.807, 2.05) is 0 Å². The minimum Gasteiger partial charge on any atom is -0.324 e. The molecule has 1 fully saturated rings. The molecule has 0 aliphatic heterocycles. The van der Waals surface area contributed by atoms with E-state index in [0.717, 1.165) is 16.8 Å². The van der Waals surface area contributed by atoms with Crippen LogP contribution >= 0.6 is 15.9 Å². The van der Waals surface area contributed by atoms with Crippen molar-refractivity contribution in [2.45, 2.75) is 32.2 Å². The summed E-state index contributed by atoms with van der Waals surface area (Å²) in [7, 11) is 0. The van der Waals surface area contributed by atoms with Crippen LogP contribution in [0.25, 0.3) is 0 Å². The first-order valence-electron chi connectivity index (χ1n) is 5.18. The Bertz CT molecular complexity index is 311. The Labute approximate surface area is 93.8 Å². The molecule has 2 N–H and O–H groups in total. The Morgan fingerprint density at radius 3 is 2.71 bits per heavy atom. The second kappa shape index (κ2) is 4.03. The van der Waals surface area contributed by atoms with Crippen LogP contribution in [0.15, 0.2) is 22.7 Å². The number of rotatable bonds is 3. The van der Waals surface area contributed by atoms with Crippen LogP contribution < -0.4 is 5.73 Å². The van der Waals surface area contributed by atoms with E-state index in [-0.39, 0.29) is 6.04 Å². The maximum absolute atomic E-state index is 6.15. The average molecular weight is 254 g/mol. The predicted octanol–water partition coefficient (Wildman–Crippen LogP) is 3.56. The maximum atomic E-state index is 6.15. The van der Waals surface area contributed by atoms with Crippen molar-refractivity contribution in [3.05, 3.63) is 33.8 Å². The number of hydrogen-bond donors (Lipinski definition) is 1. The highest BCUT2D eigenvalue weighted by molar-refractivity contribution is 9.10. The van der Waals surface area contributed by atoms with Gasteiger partial charge in [0.05, 0.1) is 0 Å². The topological polar surface area (TPSA) is 26.0 Å². The van der Waals surface area contributed by atoms with Gasteiger partial charge in [-0.1, -0.05) is 34.8 Å². The molecule has 14 heavy (non-hydrogen) atoms. The third kappa shape index (κ3) is 2.58. The van der Waals surface area contributed by atoms with Gasteiger partial charge >= 0.3 is 0 Å². The van der Waals surface area contributed by atoms with E-state index >= 15 is 0 Å². The predicted molar refractivity (Wildman–Crippen MR) is 63.1 cm³/mol. The highest BCUT2D eigenvalue weighted by atomic mass is 79.9. The average Bonchev–Trinajstić information content (AvgIpc) is 2.86. The molecular formula is C12H16BrN. The molecule has 2 rings (SSSR count). The SMILES string of the molecule is Cc1cc(Br)cc(C(N)CC2CC2)c1. The second-order valence-corrected chi connectivity index (χ2v) is 5.26. The molecule has 1 aromatic carbocycles. The van der Waals surface area contributed by atoms with E-state index in [1.165, 1.54) is 24.0 Å². The van der Waals surface area contributed by atoms with Gasteiger partial charge in [0.25, 0.3) is 0 Å². The number of halogens is 1. The van der Waals surface area contributed by atoms with E-state index in [2.05, 4.69) is 41.1 Å². The van der Waals surface area contributed by atoms with Crippen LogP contribution in [0.1, 0.15) is 36.4 Å². The van der Waals surface area contributed by atoms with Crippen molar-refractivity contribution in [1.82, 2.24) is 0 Å². The molecule has 2 heteroatoms. The minimum absolute atomic E-state index is 0.221. The summed E-state index contributed by atoms with van der Waals surface area (Å²) in [5.41, 5.74) is 8.70. The fourth-order valence-corrected chi connectivity index (χ4v) is 2.45. The molecule has 0 amide bonds. The lowest BCUT2D eigenvalue weighted by Gasteiger charge is -2.12. The maximum Gasteiger partial charge on any atom is 0.0297 e. The molecule has 0 spiro atoms. The first kappa shape index (κ1) is 10.2. The molecule has 0 heterocycles. The Morgan fingerprint density at radius 1 is 1.43 bits per heavy atom. The minimum atomic E-state index is 0.221. The monoisotopic (exact) mass is 253 g/mol. The molecular weight excluding hydrogens is 238 g/mol. The van der Waals surface area contributed by atoms with Gasteiger partial charge < -0.3 is 5.73 Å². The molecule has 1 aliphatic carbocycles. The van der Waals surface area contributed by atoms with Crippen LogP contribution in [-0.4, -0.2) is 0 Å². The lowest BCUT2D eigenvalue weighted by atomic mass is 10.0. The van der Waals surface area contributed by atoms with E-state index in [9.17, 15) is 0 Å². The van der Waals surface area contributed by atoms with Gasteiger partial charge in [0.1, 0.15) is 0 Å². The van der Waals surface area contributed by atoms with Crippen LogP contribution in [0.3, 0.4) is 0 Å². The Hall–Kier alpha value is -0.340. The third-order valence-electron chi connectivity index (χ3n) is 2.78. The summed E-state index contributed by atoms with van der Waals surface area (Å²) in [6.45, 7) is 2.11. The van der Waals surface area contributed by atoms with Gasteiger partial charge in [0.2, 0.25) is 0 Å². The van der Waals surface area contributed by atoms with Gasteiger partial charge in [-0.2, -0.15) is 0 Å². The third-order valence-corrected chi connectivity index (χ3v) is 3.23. The lowest BCUT2D eigenvalue weighted by Crippen LogP contribution is -2.11. The van der Waals surface area contributed by atoms with Crippen molar-refractivity contribution in [3.8, 4) is 0 Å². The summed E-state index contributed by atoms with van der Waals surface area (Å²) in [5, 5.41) is 0. The number of benzene rings is 1. The Morgan fingerprint density at radius 2 is 2.14 bits per heavy atom. The zero-order valence-corrected chi connectivity index (χ0v) is 10.0. The first-order chi connectivity index (χ1) is 6.65. The van der Waals surface area contributed by atoms with Gasteiger partial charge in [-0.25, -0.2) is 0 Å². The summed E-state index contributed by atoms with van der Waals surface area (Å²) in [5.74, 6) is 0.893. The van der Waals surface area contributed by atoms with Gasteiger partial charge in [-0.3, -0.25) is 0 Å². The largest absolute Gasteiger partial charge is 0.324 e. The van der Waals surface area contributed by atoms with Crippen LogP contribution in [0.5, 0.6) is 0 Å². The van der Waals surface area contributed by atoms with Crippen molar-refractivity contribution in [2.75, 3.05) is 0 Å². The van der Waals surface area contributed by atoms with E-state index < -0.39 is 0 Å². The van der Waals surface area contributed by atoms with Crippen molar-refractivity contribution in [1.29, 1.82) is 0 Å². The van der Waals surface area contributed by atoms with Gasteiger partial charge in [-0.05, 0) is 42.5 Å². The van der Waals surface area contributed by atoms with E-state index in [1.54, 1.807) is 0 Å². The molecule has 0 bridgehead atoms. The quantitative estimate of drug-likeness (QED) is 0.876. The zero-order valence-electron chi connectivity index (χ0n) is 8.46. The number of nitrogens with two attached hydrogens (primary N) is 1. The Kier molecular flexibility index (Phi) is 2.93. The van der Waals surface area contributed by atoms with E-state index in [0.29, 0.717) is 0 Å². The number of aryl methyl sites for hydroxylation is 1. The summed E-state index contributed by atoms with van der Waals surface area (Å²) in [6, 6.07) is 6.67. The molecule has 1 unspecified atom stereocenters. The summed E-state index contributed by atoms with van der Waals surface area (Å²) >= 11 is 3.51. The van der Waals surface area contributed by atoms with Crippen molar-refractivity contribution < 1.29 is 0 Å². The first-order valence-corrected chi connectivity index (χ1v) is 5.97. The fraction of sp³-hybridized carbons (Fsp3) is 0.500. The Balaban J connectivity index is 2.12. The smallest absolute Gasteiger partial charge is 0.0297 e. The van der Waals surface area contributed by atoms with Gasteiger partial charge in [0, 0.05) is 10.5 Å². The zero-order chi connectivity index (χ0) is 10.1. The van der Waals surface area contributed by atoms with Crippen molar-refractivity contribution in [3.63, 3.8) is 0 Å². The van der Waals surface area contributed by atoms with Crippen molar-refractivity contribution in [2.24, 2.45) is 11.7 Å². The highest BCUT2D eigenvalue weighted by Gasteiger charge is 2.24. The second-order valence-electron chi connectivity index (χ2n) is 4.35. The number of hydrogen-bond acceptors (Lipinski definition) is 1. The van der Waals surface area contributed by atoms with Crippen LogP contribution in [0, 0.1) is 12.8 Å². The van der Waals surface area contributed by atoms with Crippen LogP contribution in [0.2, 0.25) is 0 Å². The molecule has 0 saturated heterocycles. The molecule has 1 atom stereocenters.